The summed E-state index contributed by atoms with van der Waals surface area (Å²) in [6, 6.07) is 0. The van der Waals surface area contributed by atoms with E-state index in [1.165, 1.54) is 13.3 Å². The number of hydrogen-bond acceptors (Lipinski definition) is 5. The highest BCUT2D eigenvalue weighted by atomic mass is 16.7. The van der Waals surface area contributed by atoms with Crippen LogP contribution in [0.3, 0.4) is 0 Å². The number of carbonyl (C=O) groups excluding carboxylic acids is 1. The highest BCUT2D eigenvalue weighted by molar-refractivity contribution is 5.66. The molecule has 0 spiro atoms. The van der Waals surface area contributed by atoms with Gasteiger partial charge in [0.2, 0.25) is 6.17 Å². The van der Waals surface area contributed by atoms with Gasteiger partial charge in [-0.25, -0.2) is 4.99 Å². The van der Waals surface area contributed by atoms with Crippen LogP contribution < -0.4 is 5.48 Å². The summed E-state index contributed by atoms with van der Waals surface area (Å²) in [7, 11) is 0. The van der Waals surface area contributed by atoms with Crippen molar-refractivity contribution >= 4 is 12.4 Å². The first-order valence-corrected chi connectivity index (χ1v) is 2.72. The summed E-state index contributed by atoms with van der Waals surface area (Å²) in [5, 5.41) is 0. The van der Waals surface area contributed by atoms with Crippen LogP contribution in [0.5, 0.6) is 0 Å². The van der Waals surface area contributed by atoms with Crippen LogP contribution in [0.25, 0.3) is 0 Å². The van der Waals surface area contributed by atoms with Crippen molar-refractivity contribution in [3.05, 3.63) is 6.17 Å². The zero-order chi connectivity index (χ0) is 7.40. The molecule has 1 rings (SSSR count). The molecule has 1 aliphatic rings. The summed E-state index contributed by atoms with van der Waals surface area (Å²) >= 11 is 0. The van der Waals surface area contributed by atoms with Gasteiger partial charge in [-0.15, -0.1) is 5.48 Å². The van der Waals surface area contributed by atoms with Crippen molar-refractivity contribution in [2.24, 2.45) is 4.99 Å². The van der Waals surface area contributed by atoms with Gasteiger partial charge in [0.15, 0.2) is 6.40 Å². The van der Waals surface area contributed by atoms with Crippen molar-refractivity contribution in [2.75, 3.05) is 6.61 Å². The molecule has 0 saturated heterocycles. The van der Waals surface area contributed by atoms with Gasteiger partial charge >= 0.3 is 5.97 Å². The van der Waals surface area contributed by atoms with Crippen LogP contribution in [0.4, 0.5) is 0 Å². The number of rotatable bonds is 2. The van der Waals surface area contributed by atoms with Gasteiger partial charge in [0.1, 0.15) is 6.61 Å². The lowest BCUT2D eigenvalue weighted by Crippen LogP contribution is -2.19. The molecule has 0 aromatic rings. The zero-order valence-electron chi connectivity index (χ0n) is 5.46. The molecule has 1 heterocycles. The van der Waals surface area contributed by atoms with Crippen LogP contribution in [-0.4, -0.2) is 19.0 Å². The fourth-order valence-electron chi connectivity index (χ4n) is 0.447. The maximum absolute atomic E-state index is 10.2. The maximum Gasteiger partial charge on any atom is 0.302 e. The molecule has 55 valence electrons. The number of hydrogen-bond donors (Lipinski definition) is 1. The highest BCUT2D eigenvalue weighted by Gasteiger charge is 2.13. The molecule has 0 aliphatic carbocycles. The van der Waals surface area contributed by atoms with Crippen molar-refractivity contribution in [1.29, 1.82) is 0 Å². The molecule has 0 aromatic carbocycles. The summed E-state index contributed by atoms with van der Waals surface area (Å²) in [5.41, 5.74) is 2.43. The summed E-state index contributed by atoms with van der Waals surface area (Å²) in [6.45, 7) is 1.46. The van der Waals surface area contributed by atoms with Crippen molar-refractivity contribution in [3.8, 4) is 0 Å². The lowest BCUT2D eigenvalue weighted by molar-refractivity contribution is -0.140. The number of nitrogens with zero attached hydrogens (tertiary/aromatic N) is 1. The molecule has 0 amide bonds. The average molecular weight is 143 g/mol. The predicted octanol–water partition coefficient (Wildman–Crippen LogP) is -0.398. The summed E-state index contributed by atoms with van der Waals surface area (Å²) in [6.07, 6.45) is 1.73. The maximum atomic E-state index is 10.2. The highest BCUT2D eigenvalue weighted by Crippen LogP contribution is 2.01. The first-order valence-electron chi connectivity index (χ1n) is 2.72. The van der Waals surface area contributed by atoms with Gasteiger partial charge < -0.3 is 9.57 Å². The average Bonchev–Trinajstić information content (AvgIpc) is 2.34. The number of hydroxylamine groups is 1. The van der Waals surface area contributed by atoms with Gasteiger partial charge in [0, 0.05) is 6.92 Å². The molecule has 1 radical (unpaired) electrons. The van der Waals surface area contributed by atoms with Crippen molar-refractivity contribution in [1.82, 2.24) is 5.48 Å². The van der Waals surface area contributed by atoms with E-state index >= 15 is 0 Å². The number of esters is 1. The molecule has 1 N–H and O–H groups in total. The van der Waals surface area contributed by atoms with Crippen LogP contribution in [0, 0.1) is 6.17 Å². The van der Waals surface area contributed by atoms with E-state index < -0.39 is 0 Å². The van der Waals surface area contributed by atoms with E-state index in [4.69, 9.17) is 0 Å². The van der Waals surface area contributed by atoms with Crippen molar-refractivity contribution in [2.45, 2.75) is 6.92 Å². The third-order valence-corrected chi connectivity index (χ3v) is 0.850. The van der Waals surface area contributed by atoms with E-state index in [1.807, 2.05) is 0 Å². The van der Waals surface area contributed by atoms with Crippen molar-refractivity contribution in [3.63, 3.8) is 0 Å². The Morgan fingerprint density at radius 1 is 2.00 bits per heavy atom. The smallest absolute Gasteiger partial charge is 0.302 e. The first kappa shape index (κ1) is 7.01. The molecule has 0 atom stereocenters. The quantitative estimate of drug-likeness (QED) is 0.534. The molecular weight excluding hydrogens is 136 g/mol. The molecule has 1 aliphatic heterocycles. The van der Waals surface area contributed by atoms with E-state index in [1.54, 1.807) is 0 Å². The fourth-order valence-corrected chi connectivity index (χ4v) is 0.447. The lowest BCUT2D eigenvalue weighted by Gasteiger charge is -2.03. The largest absolute Gasteiger partial charge is 0.462 e. The Balaban J connectivity index is 2.13. The minimum atomic E-state index is -0.337. The normalized spacial score (nSPS) is 16.9. The molecule has 0 unspecified atom stereocenters. The SMILES string of the molecule is CC(=O)OC[C]1N=CON1. The van der Waals surface area contributed by atoms with Crippen LogP contribution >= 0.6 is 0 Å². The molecular formula is C5H7N2O3. The first-order chi connectivity index (χ1) is 4.79. The number of aliphatic imine (C=N–C) groups is 1. The monoisotopic (exact) mass is 143 g/mol. The summed E-state index contributed by atoms with van der Waals surface area (Å²) in [5.74, 6) is -0.337. The Morgan fingerprint density at radius 3 is 3.30 bits per heavy atom. The fraction of sp³-hybridized carbons (Fsp3) is 0.400. The second-order valence-electron chi connectivity index (χ2n) is 1.68. The minimum Gasteiger partial charge on any atom is -0.462 e. The number of nitrogens with one attached hydrogen (secondary N) is 1. The zero-order valence-corrected chi connectivity index (χ0v) is 5.46. The number of ether oxygens (including phenoxy) is 1. The van der Waals surface area contributed by atoms with Gasteiger partial charge in [-0.3, -0.25) is 4.79 Å². The molecule has 10 heavy (non-hydrogen) atoms. The molecule has 5 nitrogen and oxygen atoms in total. The van der Waals surface area contributed by atoms with E-state index in [2.05, 4.69) is 20.0 Å². The van der Waals surface area contributed by atoms with E-state index in [9.17, 15) is 4.79 Å². The molecule has 0 bridgehead atoms. The Morgan fingerprint density at radius 2 is 2.80 bits per heavy atom. The lowest BCUT2D eigenvalue weighted by atomic mass is 10.6. The van der Waals surface area contributed by atoms with E-state index in [0.717, 1.165) is 0 Å². The van der Waals surface area contributed by atoms with Crippen LogP contribution in [0.1, 0.15) is 6.92 Å². The number of carbonyl (C=O) groups is 1. The Bertz CT molecular complexity index is 157. The molecule has 0 saturated carbocycles. The second-order valence-corrected chi connectivity index (χ2v) is 1.68. The minimum absolute atomic E-state index is 0.131. The third-order valence-electron chi connectivity index (χ3n) is 0.850. The van der Waals surface area contributed by atoms with Crippen LogP contribution in [0.2, 0.25) is 0 Å². The van der Waals surface area contributed by atoms with Gasteiger partial charge in [0.05, 0.1) is 0 Å². The van der Waals surface area contributed by atoms with E-state index in [0.29, 0.717) is 6.17 Å². The Hall–Kier alpha value is -1.10. The molecule has 5 heteroatoms. The Labute approximate surface area is 58.0 Å². The van der Waals surface area contributed by atoms with Crippen LogP contribution in [-0.2, 0) is 14.4 Å². The van der Waals surface area contributed by atoms with Crippen molar-refractivity contribution < 1.29 is 14.4 Å². The standard InChI is InChI=1S/C5H7N2O3/c1-4(8)9-2-5-6-3-10-7-5/h3,7H,2H2,1H3. The van der Waals surface area contributed by atoms with E-state index in [-0.39, 0.29) is 12.6 Å². The topological polar surface area (TPSA) is 59.9 Å². The van der Waals surface area contributed by atoms with Crippen LogP contribution in [0.15, 0.2) is 4.99 Å². The predicted molar refractivity (Wildman–Crippen MR) is 32.6 cm³/mol. The summed E-state index contributed by atoms with van der Waals surface area (Å²) < 4.78 is 4.59. The second kappa shape index (κ2) is 3.17. The summed E-state index contributed by atoms with van der Waals surface area (Å²) in [4.78, 5) is 18.5. The van der Waals surface area contributed by atoms with Gasteiger partial charge in [-0.05, 0) is 0 Å². The third kappa shape index (κ3) is 2.02. The van der Waals surface area contributed by atoms with Gasteiger partial charge in [-0.2, -0.15) is 0 Å². The Kier molecular flexibility index (Phi) is 2.22. The van der Waals surface area contributed by atoms with Gasteiger partial charge in [-0.1, -0.05) is 0 Å². The molecule has 0 fully saturated rings. The van der Waals surface area contributed by atoms with Gasteiger partial charge in [0.25, 0.3) is 0 Å². The molecule has 0 aromatic heterocycles.